The third-order valence-electron chi connectivity index (χ3n) is 3.93. The van der Waals surface area contributed by atoms with Gasteiger partial charge in [0.15, 0.2) is 0 Å². The first-order valence-electron chi connectivity index (χ1n) is 7.57. The van der Waals surface area contributed by atoms with Crippen LogP contribution in [0.4, 0.5) is 5.69 Å². The summed E-state index contributed by atoms with van der Waals surface area (Å²) in [5, 5.41) is 7.20. The highest BCUT2D eigenvalue weighted by Crippen LogP contribution is 2.25. The second-order valence-electron chi connectivity index (χ2n) is 6.00. The number of aromatic nitrogens is 2. The number of carbonyl (C=O) groups excluding carboxylic acids is 2. The first-order chi connectivity index (χ1) is 9.92. The number of rotatable bonds is 5. The molecule has 0 radical (unpaired) electrons. The third kappa shape index (κ3) is 3.43. The zero-order chi connectivity index (χ0) is 15.6. The van der Waals surface area contributed by atoms with Gasteiger partial charge in [0.25, 0.3) is 0 Å². The van der Waals surface area contributed by atoms with Crippen molar-refractivity contribution in [3.63, 3.8) is 0 Å². The standard InChI is InChI=1S/C15H24N4O2/c1-5-11(4)17-15(21)12-6-14(20)18(8-12)13-7-16-19(9-13)10(2)3/h7,9-12H,5-6,8H2,1-4H3,(H,17,21)/t11-,12+/m0/s1. The lowest BCUT2D eigenvalue weighted by atomic mass is 10.1. The molecular weight excluding hydrogens is 268 g/mol. The van der Waals surface area contributed by atoms with Crippen LogP contribution in [0.15, 0.2) is 12.4 Å². The fourth-order valence-electron chi connectivity index (χ4n) is 2.35. The second kappa shape index (κ2) is 6.28. The molecule has 6 heteroatoms. The summed E-state index contributed by atoms with van der Waals surface area (Å²) in [5.74, 6) is -0.312. The third-order valence-corrected chi connectivity index (χ3v) is 3.93. The molecule has 1 aromatic heterocycles. The van der Waals surface area contributed by atoms with Gasteiger partial charge in [0.1, 0.15) is 0 Å². The molecule has 0 saturated carbocycles. The van der Waals surface area contributed by atoms with Crippen LogP contribution >= 0.6 is 0 Å². The molecule has 0 spiro atoms. The number of anilines is 1. The van der Waals surface area contributed by atoms with Crippen LogP contribution in [0, 0.1) is 5.92 Å². The fourth-order valence-corrected chi connectivity index (χ4v) is 2.35. The number of carbonyl (C=O) groups is 2. The molecule has 1 aromatic rings. The van der Waals surface area contributed by atoms with Crippen LogP contribution in [0.5, 0.6) is 0 Å². The maximum absolute atomic E-state index is 12.1. The van der Waals surface area contributed by atoms with Gasteiger partial charge in [-0.15, -0.1) is 0 Å². The first kappa shape index (κ1) is 15.5. The lowest BCUT2D eigenvalue weighted by Crippen LogP contribution is -2.38. The summed E-state index contributed by atoms with van der Waals surface area (Å²) in [5.41, 5.74) is 0.771. The molecule has 1 aliphatic heterocycles. The van der Waals surface area contributed by atoms with E-state index < -0.39 is 0 Å². The molecule has 1 fully saturated rings. The molecule has 0 unspecified atom stereocenters. The van der Waals surface area contributed by atoms with Gasteiger partial charge in [-0.3, -0.25) is 14.3 Å². The Balaban J connectivity index is 2.03. The van der Waals surface area contributed by atoms with Crippen molar-refractivity contribution in [1.82, 2.24) is 15.1 Å². The Hall–Kier alpha value is -1.85. The highest BCUT2D eigenvalue weighted by molar-refractivity contribution is 6.00. The Labute approximate surface area is 125 Å². The van der Waals surface area contributed by atoms with Crippen molar-refractivity contribution in [3.05, 3.63) is 12.4 Å². The quantitative estimate of drug-likeness (QED) is 0.898. The minimum atomic E-state index is -0.270. The molecule has 116 valence electrons. The molecule has 21 heavy (non-hydrogen) atoms. The molecule has 2 atom stereocenters. The van der Waals surface area contributed by atoms with Crippen molar-refractivity contribution in [1.29, 1.82) is 0 Å². The maximum atomic E-state index is 12.1. The van der Waals surface area contributed by atoms with Crippen molar-refractivity contribution < 1.29 is 9.59 Å². The van der Waals surface area contributed by atoms with E-state index >= 15 is 0 Å². The Bertz CT molecular complexity index is 523. The minimum Gasteiger partial charge on any atom is -0.353 e. The lowest BCUT2D eigenvalue weighted by molar-refractivity contribution is -0.126. The molecule has 2 amide bonds. The molecule has 1 aliphatic rings. The molecule has 0 bridgehead atoms. The summed E-state index contributed by atoms with van der Waals surface area (Å²) in [7, 11) is 0. The Kier molecular flexibility index (Phi) is 4.65. The summed E-state index contributed by atoms with van der Waals surface area (Å²) >= 11 is 0. The van der Waals surface area contributed by atoms with Crippen LogP contribution in [0.3, 0.4) is 0 Å². The Morgan fingerprint density at radius 1 is 1.48 bits per heavy atom. The molecule has 0 aromatic carbocycles. The van der Waals surface area contributed by atoms with Gasteiger partial charge in [-0.05, 0) is 27.2 Å². The molecule has 0 aliphatic carbocycles. The normalized spacial score (nSPS) is 20.1. The zero-order valence-electron chi connectivity index (χ0n) is 13.2. The van der Waals surface area contributed by atoms with Crippen molar-refractivity contribution in [2.45, 2.75) is 52.6 Å². The van der Waals surface area contributed by atoms with Gasteiger partial charge in [0.2, 0.25) is 11.8 Å². The highest BCUT2D eigenvalue weighted by atomic mass is 16.2. The van der Waals surface area contributed by atoms with Crippen LogP contribution < -0.4 is 10.2 Å². The van der Waals surface area contributed by atoms with Crippen molar-refractivity contribution in [2.24, 2.45) is 5.92 Å². The zero-order valence-corrected chi connectivity index (χ0v) is 13.2. The smallest absolute Gasteiger partial charge is 0.227 e. The molecule has 1 saturated heterocycles. The number of amides is 2. The number of nitrogens with zero attached hydrogens (tertiary/aromatic N) is 3. The number of nitrogens with one attached hydrogen (secondary N) is 1. The van der Waals surface area contributed by atoms with E-state index in [1.54, 1.807) is 11.1 Å². The summed E-state index contributed by atoms with van der Waals surface area (Å²) in [4.78, 5) is 25.9. The lowest BCUT2D eigenvalue weighted by Gasteiger charge is -2.16. The largest absolute Gasteiger partial charge is 0.353 e. The molecule has 2 rings (SSSR count). The predicted octanol–water partition coefficient (Wildman–Crippen LogP) is 1.73. The first-order valence-corrected chi connectivity index (χ1v) is 7.57. The van der Waals surface area contributed by atoms with E-state index in [0.717, 1.165) is 12.1 Å². The number of hydrogen-bond donors (Lipinski definition) is 1. The average molecular weight is 292 g/mol. The molecule has 1 N–H and O–H groups in total. The Morgan fingerprint density at radius 3 is 2.76 bits per heavy atom. The monoisotopic (exact) mass is 292 g/mol. The van der Waals surface area contributed by atoms with Crippen LogP contribution in [0.25, 0.3) is 0 Å². The topological polar surface area (TPSA) is 67.2 Å². The van der Waals surface area contributed by atoms with Crippen LogP contribution in [0.2, 0.25) is 0 Å². The van der Waals surface area contributed by atoms with E-state index in [9.17, 15) is 9.59 Å². The summed E-state index contributed by atoms with van der Waals surface area (Å²) in [6, 6.07) is 0.395. The summed E-state index contributed by atoms with van der Waals surface area (Å²) in [6.07, 6.45) is 4.71. The van der Waals surface area contributed by atoms with Crippen LogP contribution in [-0.4, -0.2) is 34.2 Å². The van der Waals surface area contributed by atoms with E-state index in [-0.39, 0.29) is 36.2 Å². The van der Waals surface area contributed by atoms with Gasteiger partial charge < -0.3 is 10.2 Å². The van der Waals surface area contributed by atoms with Gasteiger partial charge in [-0.25, -0.2) is 0 Å². The van der Waals surface area contributed by atoms with E-state index in [2.05, 4.69) is 10.4 Å². The predicted molar refractivity (Wildman–Crippen MR) is 81.0 cm³/mol. The van der Waals surface area contributed by atoms with Crippen molar-refractivity contribution in [3.8, 4) is 0 Å². The van der Waals surface area contributed by atoms with Gasteiger partial charge in [0, 0.05) is 31.2 Å². The maximum Gasteiger partial charge on any atom is 0.227 e. The van der Waals surface area contributed by atoms with Crippen molar-refractivity contribution in [2.75, 3.05) is 11.4 Å². The van der Waals surface area contributed by atoms with Gasteiger partial charge in [0.05, 0.1) is 17.8 Å². The molecule has 6 nitrogen and oxygen atoms in total. The van der Waals surface area contributed by atoms with Gasteiger partial charge >= 0.3 is 0 Å². The SMILES string of the molecule is CC[C@H](C)NC(=O)[C@@H]1CC(=O)N(c2cnn(C(C)C)c2)C1. The molecular formula is C15H24N4O2. The van der Waals surface area contributed by atoms with Gasteiger partial charge in [-0.1, -0.05) is 6.92 Å². The average Bonchev–Trinajstić information content (AvgIpc) is 3.04. The highest BCUT2D eigenvalue weighted by Gasteiger charge is 2.35. The summed E-state index contributed by atoms with van der Waals surface area (Å²) < 4.78 is 1.81. The Morgan fingerprint density at radius 2 is 2.19 bits per heavy atom. The molecule has 2 heterocycles. The van der Waals surface area contributed by atoms with Crippen LogP contribution in [0.1, 0.15) is 46.6 Å². The fraction of sp³-hybridized carbons (Fsp3) is 0.667. The van der Waals surface area contributed by atoms with Crippen molar-refractivity contribution >= 4 is 17.5 Å². The van der Waals surface area contributed by atoms with Gasteiger partial charge in [-0.2, -0.15) is 5.10 Å². The van der Waals surface area contributed by atoms with E-state index in [1.165, 1.54) is 0 Å². The van der Waals surface area contributed by atoms with Crippen LogP contribution in [-0.2, 0) is 9.59 Å². The van der Waals surface area contributed by atoms with E-state index in [1.807, 2.05) is 38.6 Å². The van der Waals surface area contributed by atoms with E-state index in [4.69, 9.17) is 0 Å². The number of hydrogen-bond acceptors (Lipinski definition) is 3. The summed E-state index contributed by atoms with van der Waals surface area (Å²) in [6.45, 7) is 8.50. The minimum absolute atomic E-state index is 0.0115. The van der Waals surface area contributed by atoms with E-state index in [0.29, 0.717) is 6.54 Å². The second-order valence-corrected chi connectivity index (χ2v) is 6.00.